The highest BCUT2D eigenvalue weighted by molar-refractivity contribution is 7.27. The molecule has 0 aliphatic carbocycles. The Labute approximate surface area is 537 Å². The summed E-state index contributed by atoms with van der Waals surface area (Å²) in [6.45, 7) is 46.7. The molecular formula is C76H72S8Si. The van der Waals surface area contributed by atoms with E-state index >= 15 is 0 Å². The molecule has 0 N–H and O–H groups in total. The predicted octanol–water partition coefficient (Wildman–Crippen LogP) is 23.0. The van der Waals surface area contributed by atoms with Crippen LogP contribution in [0.1, 0.15) is 109 Å². The molecular weight excluding hydrogens is 1200 g/mol. The van der Waals surface area contributed by atoms with E-state index in [1.807, 2.05) is 90.7 Å². The highest BCUT2D eigenvalue weighted by atomic mass is 32.1. The quantitative estimate of drug-likeness (QED) is 0.133. The molecule has 2 aliphatic heterocycles. The fourth-order valence-corrected chi connectivity index (χ4v) is 30.6. The van der Waals surface area contributed by atoms with Crippen LogP contribution in [-0.4, -0.2) is 8.07 Å². The molecule has 0 atom stereocenters. The number of thiophene rings is 8. The lowest BCUT2D eigenvalue weighted by molar-refractivity contribution is 1.35. The second kappa shape index (κ2) is 20.4. The normalized spacial score (nSPS) is 13.0. The maximum Gasteiger partial charge on any atom is 0.182 e. The molecule has 1 spiro atoms. The van der Waals surface area contributed by atoms with Crippen molar-refractivity contribution in [2.75, 3.05) is 0 Å². The molecule has 12 aromatic rings. The molecule has 0 saturated heterocycles. The van der Waals surface area contributed by atoms with E-state index in [4.69, 9.17) is 0 Å². The first-order valence-corrected chi connectivity index (χ1v) is 38.3. The maximum atomic E-state index is 2.72. The average molecular weight is 1270 g/mol. The zero-order valence-electron chi connectivity index (χ0n) is 52.7. The summed E-state index contributed by atoms with van der Waals surface area (Å²) in [5.74, 6) is 0. The van der Waals surface area contributed by atoms with E-state index in [-0.39, 0.29) is 0 Å². The number of fused-ring (bicyclic) bond motifs is 10. The summed E-state index contributed by atoms with van der Waals surface area (Å²) in [4.78, 5) is 22.7. The molecule has 0 bridgehead atoms. The molecule has 85 heavy (non-hydrogen) atoms. The summed E-state index contributed by atoms with van der Waals surface area (Å²) < 4.78 is 0. The van der Waals surface area contributed by atoms with E-state index in [1.165, 1.54) is 232 Å². The Hall–Kier alpha value is -5.30. The van der Waals surface area contributed by atoms with E-state index in [0.29, 0.717) is 0 Å². The largest absolute Gasteiger partial charge is 0.182 e. The Morgan fingerprint density at radius 3 is 0.529 bits per heavy atom. The Kier molecular flexibility index (Phi) is 13.8. The Morgan fingerprint density at radius 2 is 0.353 bits per heavy atom. The van der Waals surface area contributed by atoms with Crippen LogP contribution < -0.4 is 20.7 Å². The summed E-state index contributed by atoms with van der Waals surface area (Å²) in [7, 11) is -3.19. The van der Waals surface area contributed by atoms with E-state index in [1.54, 1.807) is 0 Å². The van der Waals surface area contributed by atoms with Gasteiger partial charge in [-0.1, -0.05) is 72.8 Å². The first-order chi connectivity index (χ1) is 40.4. The number of benzene rings is 4. The summed E-state index contributed by atoms with van der Waals surface area (Å²) in [6, 6.07) is 30.9. The fraction of sp³-hybridized carbons (Fsp3) is 0.263. The zero-order valence-corrected chi connectivity index (χ0v) is 60.2. The van der Waals surface area contributed by atoms with E-state index < -0.39 is 8.07 Å². The van der Waals surface area contributed by atoms with Crippen molar-refractivity contribution in [3.8, 4) is 103 Å². The lowest BCUT2D eigenvalue weighted by atomic mass is 9.99. The summed E-state index contributed by atoms with van der Waals surface area (Å²) in [6.07, 6.45) is 0. The molecule has 428 valence electrons. The second-order valence-electron chi connectivity index (χ2n) is 24.8. The van der Waals surface area contributed by atoms with Crippen molar-refractivity contribution < 1.29 is 0 Å². The van der Waals surface area contributed by atoms with Crippen LogP contribution in [0.25, 0.3) is 103 Å². The van der Waals surface area contributed by atoms with Gasteiger partial charge in [0.15, 0.2) is 8.07 Å². The molecule has 0 radical (unpaired) electrons. The lowest BCUT2D eigenvalue weighted by Gasteiger charge is -2.29. The molecule has 14 rings (SSSR count). The van der Waals surface area contributed by atoms with Crippen LogP contribution in [-0.2, 0) is 0 Å². The molecule has 0 amide bonds. The number of rotatable bonds is 8. The van der Waals surface area contributed by atoms with Crippen molar-refractivity contribution in [3.63, 3.8) is 0 Å². The third-order valence-corrected chi connectivity index (χ3v) is 37.2. The SMILES string of the molecule is Cc1sc(-c2sc(-c3ccc4c(c3)[Si]3(c5cc(-c6sc(-c7sc(C)c(C)c7C)c(C)c6C)ccc5-4)c4cc(-c5sc(-c6sc(C)c(C)c6C)c(C)c5C)ccc4-c4ccc(-c5sc(-c6sc(C)c(C)c6C)c(C)c5C)cc43)c(C)c2C)c(C)c1C. The van der Waals surface area contributed by atoms with Crippen molar-refractivity contribution >= 4 is 120 Å². The Balaban J connectivity index is 1.06. The molecule has 0 saturated carbocycles. The average Bonchev–Trinajstić information content (AvgIpc) is 1.51. The Morgan fingerprint density at radius 1 is 0.188 bits per heavy atom. The molecule has 4 aromatic carbocycles. The van der Waals surface area contributed by atoms with E-state index in [0.717, 1.165) is 0 Å². The van der Waals surface area contributed by atoms with Crippen LogP contribution in [0.4, 0.5) is 0 Å². The smallest absolute Gasteiger partial charge is 0.139 e. The maximum absolute atomic E-state index is 3.19. The van der Waals surface area contributed by atoms with Crippen molar-refractivity contribution in [1.82, 2.24) is 0 Å². The molecule has 10 heterocycles. The first kappa shape index (κ1) is 57.4. The third-order valence-electron chi connectivity index (χ3n) is 20.7. The monoisotopic (exact) mass is 1270 g/mol. The van der Waals surface area contributed by atoms with Crippen LogP contribution in [0.15, 0.2) is 72.8 Å². The van der Waals surface area contributed by atoms with Crippen LogP contribution in [0.5, 0.6) is 0 Å². The minimum atomic E-state index is -3.19. The van der Waals surface area contributed by atoms with Gasteiger partial charge in [0.1, 0.15) is 0 Å². The molecule has 8 aromatic heterocycles. The zero-order chi connectivity index (χ0) is 60.0. The topological polar surface area (TPSA) is 0 Å². The summed E-state index contributed by atoms with van der Waals surface area (Å²) in [5, 5.41) is 6.10. The van der Waals surface area contributed by atoms with Crippen LogP contribution in [0.3, 0.4) is 0 Å². The van der Waals surface area contributed by atoms with Crippen LogP contribution >= 0.6 is 90.7 Å². The standard InChI is InChI=1S/C76H72S8Si/c1-33-37(5)69(77-49(33)17)73-45(13)41(9)65(81-73)53-21-25-57-58-26-22-54(66-42(10)46(14)74(82-66)70-38(6)34(2)50(18)78-70)30-62(58)85(61(57)29-53)63-31-55(67-43(11)47(15)75(83-67)71-39(7)35(3)51(19)79-71)23-27-59(63)60-28-24-56(32-64(60)85)68-44(12)48(16)76(84-68)72-40(8)36(4)52(20)80-72/h21-32H,1-20H3. The molecule has 2 aliphatic rings. The predicted molar refractivity (Wildman–Crippen MR) is 389 cm³/mol. The highest BCUT2D eigenvalue weighted by Crippen LogP contribution is 2.53. The minimum absolute atomic E-state index is 1.34. The number of aryl methyl sites for hydroxylation is 4. The van der Waals surface area contributed by atoms with Gasteiger partial charge in [-0.2, -0.15) is 0 Å². The van der Waals surface area contributed by atoms with Gasteiger partial charge >= 0.3 is 0 Å². The highest BCUT2D eigenvalue weighted by Gasteiger charge is 2.55. The van der Waals surface area contributed by atoms with Gasteiger partial charge in [0.2, 0.25) is 0 Å². The molecule has 9 heteroatoms. The van der Waals surface area contributed by atoms with Crippen LogP contribution in [0.2, 0.25) is 0 Å². The molecule has 0 unspecified atom stereocenters. The van der Waals surface area contributed by atoms with Gasteiger partial charge in [0.25, 0.3) is 0 Å². The van der Waals surface area contributed by atoms with Gasteiger partial charge in [-0.05, 0) is 293 Å². The number of hydrogen-bond donors (Lipinski definition) is 0. The Bertz CT molecular complexity index is 4270. The van der Waals surface area contributed by atoms with Crippen molar-refractivity contribution in [2.45, 2.75) is 138 Å². The minimum Gasteiger partial charge on any atom is -0.139 e. The van der Waals surface area contributed by atoms with Gasteiger partial charge in [-0.25, -0.2) is 0 Å². The molecule has 0 fully saturated rings. The van der Waals surface area contributed by atoms with Gasteiger partial charge in [-0.3, -0.25) is 0 Å². The van der Waals surface area contributed by atoms with E-state index in [2.05, 4.69) is 211 Å². The van der Waals surface area contributed by atoms with Crippen molar-refractivity contribution in [3.05, 3.63) is 181 Å². The van der Waals surface area contributed by atoms with Gasteiger partial charge in [0, 0.05) is 78.0 Å². The van der Waals surface area contributed by atoms with E-state index in [9.17, 15) is 0 Å². The molecule has 0 nitrogen and oxygen atoms in total. The number of hydrogen-bond acceptors (Lipinski definition) is 8. The summed E-state index contributed by atoms with van der Waals surface area (Å²) >= 11 is 15.9. The van der Waals surface area contributed by atoms with Gasteiger partial charge in [0.05, 0.1) is 0 Å². The fourth-order valence-electron chi connectivity index (χ4n) is 14.0. The lowest BCUT2D eigenvalue weighted by Crippen LogP contribution is -2.70. The first-order valence-electron chi connectivity index (χ1n) is 29.7. The van der Waals surface area contributed by atoms with Crippen LogP contribution in [0, 0.1) is 138 Å². The van der Waals surface area contributed by atoms with Crippen molar-refractivity contribution in [2.24, 2.45) is 0 Å². The summed E-state index contributed by atoms with van der Waals surface area (Å²) in [5.41, 5.74) is 33.6. The van der Waals surface area contributed by atoms with Gasteiger partial charge < -0.3 is 0 Å². The van der Waals surface area contributed by atoms with Gasteiger partial charge in [-0.15, -0.1) is 90.7 Å². The third kappa shape index (κ3) is 8.12. The second-order valence-corrected chi connectivity index (χ2v) is 37.4. The van der Waals surface area contributed by atoms with Crippen molar-refractivity contribution in [1.29, 1.82) is 0 Å².